The maximum atomic E-state index is 5.62. The first-order chi connectivity index (χ1) is 15.7. The highest BCUT2D eigenvalue weighted by Crippen LogP contribution is 2.50. The van der Waals surface area contributed by atoms with Crippen molar-refractivity contribution in [1.82, 2.24) is 0 Å². The van der Waals surface area contributed by atoms with E-state index in [9.17, 15) is 0 Å². The molecule has 2 aliphatic rings. The third-order valence-electron chi connectivity index (χ3n) is 7.08. The summed E-state index contributed by atoms with van der Waals surface area (Å²) in [6, 6.07) is 27.6. The minimum absolute atomic E-state index is 0.205. The molecule has 0 amide bonds. The van der Waals surface area contributed by atoms with E-state index in [1.54, 1.807) is 5.57 Å². The number of nitrogens with two attached hydrogens (primary N) is 1. The Bertz CT molecular complexity index is 1420. The van der Waals surface area contributed by atoms with E-state index < -0.39 is 0 Å². The van der Waals surface area contributed by atoms with Crippen LogP contribution >= 0.6 is 0 Å². The lowest BCUT2D eigenvalue weighted by atomic mass is 9.64. The second kappa shape index (κ2) is 7.92. The zero-order chi connectivity index (χ0) is 23.2. The van der Waals surface area contributed by atoms with Crippen LogP contribution in [0.1, 0.15) is 51.7 Å². The molecule has 0 fully saturated rings. The SMILES string of the molecule is CC1(C)C=CC2=C(C1)CC(C)(C)c1c2ccc2ccccc12.Nc1ccc2ccccc2c1. The van der Waals surface area contributed by atoms with E-state index >= 15 is 0 Å². The van der Waals surface area contributed by atoms with Crippen LogP contribution in [0.3, 0.4) is 0 Å². The standard InChI is InChI=1S/C22H24.C10H9N/c1-21(2)12-11-17-16(13-21)14-22(3,4)20-18-8-6-5-7-15(18)9-10-19(17)20;11-10-6-5-8-3-1-2-4-9(8)7-10/h5-12H,13-14H2,1-4H3;1-7H,11H2. The summed E-state index contributed by atoms with van der Waals surface area (Å²) in [6.45, 7) is 9.51. The van der Waals surface area contributed by atoms with Crippen molar-refractivity contribution in [2.24, 2.45) is 5.41 Å². The second-order valence-electron chi connectivity index (χ2n) is 10.9. The molecule has 0 atom stereocenters. The lowest BCUT2D eigenvalue weighted by Gasteiger charge is -2.40. The first-order valence-electron chi connectivity index (χ1n) is 11.9. The van der Waals surface area contributed by atoms with E-state index in [0.717, 1.165) is 5.69 Å². The molecule has 1 heteroatoms. The summed E-state index contributed by atoms with van der Waals surface area (Å²) in [7, 11) is 0. The Balaban J connectivity index is 0.000000174. The molecule has 2 N–H and O–H groups in total. The minimum atomic E-state index is 0.205. The maximum Gasteiger partial charge on any atom is 0.0320 e. The number of allylic oxidation sites excluding steroid dienone is 4. The van der Waals surface area contributed by atoms with E-state index in [2.05, 4.69) is 88.4 Å². The Morgan fingerprint density at radius 1 is 0.697 bits per heavy atom. The molecule has 4 aromatic rings. The van der Waals surface area contributed by atoms with E-state index in [4.69, 9.17) is 5.73 Å². The molecule has 0 spiro atoms. The number of fused-ring (bicyclic) bond motifs is 5. The number of rotatable bonds is 0. The van der Waals surface area contributed by atoms with Crippen LogP contribution < -0.4 is 5.73 Å². The number of hydrogen-bond acceptors (Lipinski definition) is 1. The summed E-state index contributed by atoms with van der Waals surface area (Å²) in [5, 5.41) is 5.22. The van der Waals surface area contributed by atoms with E-state index in [-0.39, 0.29) is 5.41 Å². The summed E-state index contributed by atoms with van der Waals surface area (Å²) >= 11 is 0. The summed E-state index contributed by atoms with van der Waals surface area (Å²) in [5.41, 5.74) is 13.1. The molecule has 166 valence electrons. The first-order valence-corrected chi connectivity index (χ1v) is 11.9. The Morgan fingerprint density at radius 3 is 2.15 bits per heavy atom. The molecule has 4 aromatic carbocycles. The molecular weight excluding hydrogens is 398 g/mol. The highest BCUT2D eigenvalue weighted by atomic mass is 14.5. The van der Waals surface area contributed by atoms with Crippen molar-refractivity contribution in [2.75, 3.05) is 5.73 Å². The van der Waals surface area contributed by atoms with Crippen LogP contribution in [0.5, 0.6) is 0 Å². The van der Waals surface area contributed by atoms with E-state index in [1.807, 2.05) is 30.3 Å². The highest BCUT2D eigenvalue weighted by Gasteiger charge is 2.36. The van der Waals surface area contributed by atoms with Gasteiger partial charge in [0.1, 0.15) is 0 Å². The fourth-order valence-electron chi connectivity index (χ4n) is 5.62. The highest BCUT2D eigenvalue weighted by molar-refractivity contribution is 5.95. The molecule has 0 radical (unpaired) electrons. The fraction of sp³-hybridized carbons (Fsp3) is 0.250. The van der Waals surface area contributed by atoms with Crippen molar-refractivity contribution in [3.63, 3.8) is 0 Å². The molecule has 0 bridgehead atoms. The average molecular weight is 432 g/mol. The van der Waals surface area contributed by atoms with Gasteiger partial charge in [-0.1, -0.05) is 112 Å². The van der Waals surface area contributed by atoms with E-state index in [0.29, 0.717) is 5.41 Å². The normalized spacial score (nSPS) is 17.8. The van der Waals surface area contributed by atoms with Crippen molar-refractivity contribution in [3.8, 4) is 0 Å². The average Bonchev–Trinajstić information content (AvgIpc) is 2.77. The number of hydrogen-bond donors (Lipinski definition) is 1. The number of anilines is 1. The van der Waals surface area contributed by atoms with Crippen LogP contribution in [-0.2, 0) is 5.41 Å². The van der Waals surface area contributed by atoms with Crippen molar-refractivity contribution >= 4 is 32.8 Å². The van der Waals surface area contributed by atoms with Gasteiger partial charge in [-0.25, -0.2) is 0 Å². The van der Waals surface area contributed by atoms with Crippen molar-refractivity contribution in [3.05, 3.63) is 108 Å². The predicted molar refractivity (Wildman–Crippen MR) is 144 cm³/mol. The molecule has 0 aromatic heterocycles. The second-order valence-corrected chi connectivity index (χ2v) is 10.9. The predicted octanol–water partition coefficient (Wildman–Crippen LogP) is 8.68. The van der Waals surface area contributed by atoms with Gasteiger partial charge in [-0.2, -0.15) is 0 Å². The van der Waals surface area contributed by atoms with E-state index in [1.165, 1.54) is 51.1 Å². The molecule has 0 unspecified atom stereocenters. The van der Waals surface area contributed by atoms with Gasteiger partial charge >= 0.3 is 0 Å². The Morgan fingerprint density at radius 2 is 1.36 bits per heavy atom. The minimum Gasteiger partial charge on any atom is -0.399 e. The molecule has 6 rings (SSSR count). The molecule has 0 saturated heterocycles. The monoisotopic (exact) mass is 431 g/mol. The smallest absolute Gasteiger partial charge is 0.0320 e. The van der Waals surface area contributed by atoms with Crippen molar-refractivity contribution in [1.29, 1.82) is 0 Å². The Hall–Kier alpha value is -3.32. The Kier molecular flexibility index (Phi) is 5.16. The molecule has 2 aliphatic carbocycles. The molecule has 1 nitrogen and oxygen atoms in total. The first kappa shape index (κ1) is 21.5. The molecule has 33 heavy (non-hydrogen) atoms. The van der Waals surface area contributed by atoms with Crippen LogP contribution in [0.25, 0.3) is 27.1 Å². The summed E-state index contributed by atoms with van der Waals surface area (Å²) in [5.74, 6) is 0. The van der Waals surface area contributed by atoms with Crippen LogP contribution in [0.4, 0.5) is 5.69 Å². The van der Waals surface area contributed by atoms with Gasteiger partial charge in [0.15, 0.2) is 0 Å². The van der Waals surface area contributed by atoms with Gasteiger partial charge in [-0.3, -0.25) is 0 Å². The Labute approximate surface area is 197 Å². The number of benzene rings is 4. The molecule has 0 heterocycles. The summed E-state index contributed by atoms with van der Waals surface area (Å²) in [4.78, 5) is 0. The summed E-state index contributed by atoms with van der Waals surface area (Å²) < 4.78 is 0. The van der Waals surface area contributed by atoms with Crippen LogP contribution in [0.15, 0.2) is 96.6 Å². The molecule has 0 saturated carbocycles. The zero-order valence-electron chi connectivity index (χ0n) is 20.2. The van der Waals surface area contributed by atoms with Crippen LogP contribution in [-0.4, -0.2) is 0 Å². The van der Waals surface area contributed by atoms with Gasteiger partial charge in [0, 0.05) is 5.69 Å². The van der Waals surface area contributed by atoms with Gasteiger partial charge in [-0.05, 0) is 74.0 Å². The lowest BCUT2D eigenvalue weighted by Crippen LogP contribution is -2.27. The van der Waals surface area contributed by atoms with Crippen LogP contribution in [0, 0.1) is 5.41 Å². The maximum absolute atomic E-state index is 5.62. The topological polar surface area (TPSA) is 26.0 Å². The largest absolute Gasteiger partial charge is 0.399 e. The van der Waals surface area contributed by atoms with Gasteiger partial charge in [-0.15, -0.1) is 0 Å². The summed E-state index contributed by atoms with van der Waals surface area (Å²) in [6.07, 6.45) is 7.14. The van der Waals surface area contributed by atoms with Gasteiger partial charge in [0.25, 0.3) is 0 Å². The zero-order valence-corrected chi connectivity index (χ0v) is 20.2. The van der Waals surface area contributed by atoms with Gasteiger partial charge in [0.2, 0.25) is 0 Å². The van der Waals surface area contributed by atoms with Gasteiger partial charge < -0.3 is 5.73 Å². The quantitative estimate of drug-likeness (QED) is 0.277. The number of nitrogen functional groups attached to an aromatic ring is 1. The van der Waals surface area contributed by atoms with Gasteiger partial charge in [0.05, 0.1) is 0 Å². The third kappa shape index (κ3) is 4.09. The van der Waals surface area contributed by atoms with Crippen LogP contribution in [0.2, 0.25) is 0 Å². The van der Waals surface area contributed by atoms with Crippen molar-refractivity contribution in [2.45, 2.75) is 46.0 Å². The lowest BCUT2D eigenvalue weighted by molar-refractivity contribution is 0.429. The molecule has 0 aliphatic heterocycles. The molecular formula is C32H33N. The third-order valence-corrected chi connectivity index (χ3v) is 7.08. The fourth-order valence-corrected chi connectivity index (χ4v) is 5.62. The van der Waals surface area contributed by atoms with Crippen molar-refractivity contribution < 1.29 is 0 Å².